The topological polar surface area (TPSA) is 84.3 Å². The second-order valence-corrected chi connectivity index (χ2v) is 5.82. The third-order valence-corrected chi connectivity index (χ3v) is 4.19. The summed E-state index contributed by atoms with van der Waals surface area (Å²) >= 11 is 0. The van der Waals surface area contributed by atoms with E-state index in [0.717, 1.165) is 37.3 Å². The van der Waals surface area contributed by atoms with Gasteiger partial charge in [-0.2, -0.15) is 4.98 Å². The quantitative estimate of drug-likeness (QED) is 0.871. The lowest BCUT2D eigenvalue weighted by molar-refractivity contribution is 0.312. The Morgan fingerprint density at radius 3 is 2.45 bits per heavy atom. The van der Waals surface area contributed by atoms with Gasteiger partial charge < -0.3 is 21.3 Å². The molecule has 116 valence electrons. The third kappa shape index (κ3) is 2.82. The molecule has 0 bridgehead atoms. The molecule has 0 amide bonds. The number of nitrogens with zero attached hydrogens (tertiary/aromatic N) is 4. The highest BCUT2D eigenvalue weighted by Crippen LogP contribution is 2.29. The number of hydrogen-bond acceptors (Lipinski definition) is 6. The fourth-order valence-electron chi connectivity index (χ4n) is 2.86. The number of hydrogen-bond donors (Lipinski definition) is 2. The minimum atomic E-state index is 0.201. The largest absolute Gasteiger partial charge is 0.383 e. The average Bonchev–Trinajstić information content (AvgIpc) is 2.48. The number of aryl methyl sites for hydroxylation is 1. The summed E-state index contributed by atoms with van der Waals surface area (Å²) in [5, 5.41) is 0. The van der Waals surface area contributed by atoms with E-state index in [1.54, 1.807) is 6.20 Å². The van der Waals surface area contributed by atoms with Crippen molar-refractivity contribution in [3.8, 4) is 11.1 Å². The normalized spacial score (nSPS) is 16.0. The molecule has 0 aliphatic carbocycles. The second kappa shape index (κ2) is 5.81. The molecule has 1 fully saturated rings. The Balaban J connectivity index is 1.89. The maximum Gasteiger partial charge on any atom is 0.221 e. The van der Waals surface area contributed by atoms with Crippen molar-refractivity contribution in [2.24, 2.45) is 0 Å². The summed E-state index contributed by atoms with van der Waals surface area (Å²) in [4.78, 5) is 12.9. The van der Waals surface area contributed by atoms with E-state index >= 15 is 0 Å². The molecule has 1 aromatic heterocycles. The summed E-state index contributed by atoms with van der Waals surface area (Å²) in [6.45, 7) is 6.44. The Morgan fingerprint density at radius 2 is 1.82 bits per heavy atom. The van der Waals surface area contributed by atoms with Crippen molar-refractivity contribution in [2.45, 2.75) is 6.92 Å². The van der Waals surface area contributed by atoms with Crippen LogP contribution < -0.4 is 16.4 Å². The lowest BCUT2D eigenvalue weighted by Gasteiger charge is -2.35. The standard InChI is InChI=1S/C16H22N6/c1-11-9-12(13-10-19-16(18)20-15(13)17)3-4-14(11)22-7-5-21(2)6-8-22/h3-4,9-10H,5-8H2,1-2H3,(H4,17,18,19,20). The van der Waals surface area contributed by atoms with Crippen molar-refractivity contribution < 1.29 is 0 Å². The van der Waals surface area contributed by atoms with E-state index in [-0.39, 0.29) is 5.95 Å². The van der Waals surface area contributed by atoms with Crippen molar-refractivity contribution in [1.82, 2.24) is 14.9 Å². The minimum absolute atomic E-state index is 0.201. The average molecular weight is 298 g/mol. The summed E-state index contributed by atoms with van der Waals surface area (Å²) in [6, 6.07) is 6.37. The zero-order valence-electron chi connectivity index (χ0n) is 13.1. The van der Waals surface area contributed by atoms with Gasteiger partial charge in [-0.1, -0.05) is 6.07 Å². The molecule has 1 aromatic carbocycles. The van der Waals surface area contributed by atoms with Crippen LogP contribution in [-0.4, -0.2) is 48.1 Å². The van der Waals surface area contributed by atoms with Crippen molar-refractivity contribution in [3.05, 3.63) is 30.0 Å². The highest BCUT2D eigenvalue weighted by atomic mass is 15.2. The molecule has 0 radical (unpaired) electrons. The summed E-state index contributed by atoms with van der Waals surface area (Å²) in [6.07, 6.45) is 1.68. The van der Waals surface area contributed by atoms with Gasteiger partial charge in [0.2, 0.25) is 5.95 Å². The van der Waals surface area contributed by atoms with Crippen LogP contribution in [0.1, 0.15) is 5.56 Å². The first kappa shape index (κ1) is 14.6. The molecular weight excluding hydrogens is 276 g/mol. The Labute approximate surface area is 130 Å². The number of nitrogen functional groups attached to an aromatic ring is 2. The Morgan fingerprint density at radius 1 is 1.09 bits per heavy atom. The maximum absolute atomic E-state index is 5.95. The maximum atomic E-state index is 5.95. The SMILES string of the molecule is Cc1cc(-c2cnc(N)nc2N)ccc1N1CCN(C)CC1. The van der Waals surface area contributed by atoms with E-state index in [0.29, 0.717) is 5.82 Å². The summed E-state index contributed by atoms with van der Waals surface area (Å²) < 4.78 is 0. The molecule has 1 saturated heterocycles. The zero-order chi connectivity index (χ0) is 15.7. The van der Waals surface area contributed by atoms with Gasteiger partial charge in [0.1, 0.15) is 5.82 Å². The van der Waals surface area contributed by atoms with Crippen LogP contribution in [0.5, 0.6) is 0 Å². The van der Waals surface area contributed by atoms with E-state index in [9.17, 15) is 0 Å². The van der Waals surface area contributed by atoms with Gasteiger partial charge in [0.05, 0.1) is 0 Å². The second-order valence-electron chi connectivity index (χ2n) is 5.82. The number of benzene rings is 1. The van der Waals surface area contributed by atoms with Crippen molar-refractivity contribution in [2.75, 3.05) is 49.6 Å². The molecule has 6 nitrogen and oxygen atoms in total. The van der Waals surface area contributed by atoms with Crippen molar-refractivity contribution in [1.29, 1.82) is 0 Å². The molecular formula is C16H22N6. The first-order valence-corrected chi connectivity index (χ1v) is 7.47. The lowest BCUT2D eigenvalue weighted by Crippen LogP contribution is -2.44. The van der Waals surface area contributed by atoms with Gasteiger partial charge in [0.15, 0.2) is 0 Å². The fraction of sp³-hybridized carbons (Fsp3) is 0.375. The summed E-state index contributed by atoms with van der Waals surface area (Å²) in [5.74, 6) is 0.617. The van der Waals surface area contributed by atoms with Gasteiger partial charge in [0, 0.05) is 43.6 Å². The first-order chi connectivity index (χ1) is 10.5. The molecule has 0 saturated carbocycles. The molecule has 0 unspecified atom stereocenters. The molecule has 0 atom stereocenters. The molecule has 1 aliphatic rings. The number of aromatic nitrogens is 2. The number of rotatable bonds is 2. The predicted octanol–water partition coefficient (Wildman–Crippen LogP) is 1.37. The highest BCUT2D eigenvalue weighted by Gasteiger charge is 2.16. The first-order valence-electron chi connectivity index (χ1n) is 7.47. The van der Waals surface area contributed by atoms with Gasteiger partial charge >= 0.3 is 0 Å². The monoisotopic (exact) mass is 298 g/mol. The number of nitrogens with two attached hydrogens (primary N) is 2. The molecule has 3 rings (SSSR count). The molecule has 0 spiro atoms. The van der Waals surface area contributed by atoms with Gasteiger partial charge in [-0.3, -0.25) is 0 Å². The van der Waals surface area contributed by atoms with Crippen LogP contribution >= 0.6 is 0 Å². The lowest BCUT2D eigenvalue weighted by atomic mass is 10.0. The van der Waals surface area contributed by atoms with E-state index in [4.69, 9.17) is 11.5 Å². The summed E-state index contributed by atoms with van der Waals surface area (Å²) in [5.41, 5.74) is 15.9. The smallest absolute Gasteiger partial charge is 0.221 e. The van der Waals surface area contributed by atoms with Crippen LogP contribution in [0, 0.1) is 6.92 Å². The van der Waals surface area contributed by atoms with Crippen LogP contribution in [-0.2, 0) is 0 Å². The minimum Gasteiger partial charge on any atom is -0.383 e. The fourth-order valence-corrected chi connectivity index (χ4v) is 2.86. The third-order valence-electron chi connectivity index (χ3n) is 4.19. The molecule has 1 aliphatic heterocycles. The molecule has 2 aromatic rings. The van der Waals surface area contributed by atoms with Crippen LogP contribution in [0.2, 0.25) is 0 Å². The van der Waals surface area contributed by atoms with E-state index in [1.165, 1.54) is 11.3 Å². The van der Waals surface area contributed by atoms with Crippen LogP contribution in [0.3, 0.4) is 0 Å². The molecule has 22 heavy (non-hydrogen) atoms. The van der Waals surface area contributed by atoms with Crippen molar-refractivity contribution >= 4 is 17.5 Å². The Kier molecular flexibility index (Phi) is 3.85. The Hall–Kier alpha value is -2.34. The van der Waals surface area contributed by atoms with Gasteiger partial charge in [-0.15, -0.1) is 0 Å². The molecule has 2 heterocycles. The highest BCUT2D eigenvalue weighted by molar-refractivity contribution is 5.76. The summed E-state index contributed by atoms with van der Waals surface area (Å²) in [7, 11) is 2.16. The van der Waals surface area contributed by atoms with Crippen LogP contribution in [0.15, 0.2) is 24.4 Å². The van der Waals surface area contributed by atoms with Gasteiger partial charge in [-0.25, -0.2) is 4.98 Å². The molecule has 4 N–H and O–H groups in total. The van der Waals surface area contributed by atoms with Gasteiger partial charge in [-0.05, 0) is 37.2 Å². The molecule has 6 heteroatoms. The van der Waals surface area contributed by atoms with Crippen molar-refractivity contribution in [3.63, 3.8) is 0 Å². The van der Waals surface area contributed by atoms with E-state index in [1.807, 2.05) is 0 Å². The van der Waals surface area contributed by atoms with E-state index < -0.39 is 0 Å². The zero-order valence-corrected chi connectivity index (χ0v) is 13.1. The number of likely N-dealkylation sites (N-methyl/N-ethyl adjacent to an activating group) is 1. The number of piperazine rings is 1. The van der Waals surface area contributed by atoms with Crippen LogP contribution in [0.25, 0.3) is 11.1 Å². The van der Waals surface area contributed by atoms with Crippen LogP contribution in [0.4, 0.5) is 17.5 Å². The Bertz CT molecular complexity index is 676. The van der Waals surface area contributed by atoms with E-state index in [2.05, 4.69) is 51.9 Å². The number of anilines is 3. The van der Waals surface area contributed by atoms with Gasteiger partial charge in [0.25, 0.3) is 0 Å². The predicted molar refractivity (Wildman–Crippen MR) is 90.7 cm³/mol.